The van der Waals surface area contributed by atoms with Crippen LogP contribution in [0.15, 0.2) is 145 Å². The summed E-state index contributed by atoms with van der Waals surface area (Å²) in [6.07, 6.45) is 1.20. The Balaban J connectivity index is 0.000000349. The van der Waals surface area contributed by atoms with Crippen molar-refractivity contribution < 1.29 is 35.3 Å². The van der Waals surface area contributed by atoms with Crippen LogP contribution in [0.2, 0.25) is 0 Å². The zero-order chi connectivity index (χ0) is 39.7. The Hall–Kier alpha value is -3.30. The van der Waals surface area contributed by atoms with E-state index in [0.29, 0.717) is 21.7 Å². The Bertz CT molecular complexity index is 2180. The van der Waals surface area contributed by atoms with E-state index in [1.165, 1.54) is 50.7 Å². The van der Waals surface area contributed by atoms with E-state index < -0.39 is 36.0 Å². The van der Waals surface area contributed by atoms with Gasteiger partial charge in [-0.3, -0.25) is 0 Å². The predicted molar refractivity (Wildman–Crippen MR) is 218 cm³/mol. The Morgan fingerprint density at radius 1 is 0.615 bits per heavy atom. The number of benzene rings is 5. The Morgan fingerprint density at radius 3 is 1.40 bits per heavy atom. The van der Waals surface area contributed by atoms with Gasteiger partial charge in [-0.15, -0.1) is 0 Å². The minimum absolute atomic E-state index is 0.113. The van der Waals surface area contributed by atoms with Crippen LogP contribution in [-0.2, 0) is 28.9 Å². The lowest BCUT2D eigenvalue weighted by Crippen LogP contribution is -2.29. The molecule has 5 rings (SSSR count). The molecule has 0 radical (unpaired) electrons. The highest BCUT2D eigenvalue weighted by Crippen LogP contribution is 2.23. The zero-order valence-electron chi connectivity index (χ0n) is 28.1. The number of nitrogens with one attached hydrogen (secondary N) is 1. The molecule has 0 fully saturated rings. The van der Waals surface area contributed by atoms with Gasteiger partial charge in [0.2, 0.25) is 10.0 Å². The molecular formula is C33H38BBr2ClN4O8S3. The quantitative estimate of drug-likeness (QED) is 0.0783. The van der Waals surface area contributed by atoms with Crippen molar-refractivity contribution in [1.29, 1.82) is 0 Å². The first-order valence-electron chi connectivity index (χ1n) is 14.6. The summed E-state index contributed by atoms with van der Waals surface area (Å²) < 4.78 is 70.3. The highest BCUT2D eigenvalue weighted by Gasteiger charge is 2.11. The Labute approximate surface area is 326 Å². The number of rotatable bonds is 6. The van der Waals surface area contributed by atoms with Gasteiger partial charge in [0.05, 0.1) is 14.7 Å². The fraction of sp³-hybridized carbons (Fsp3) is 0.0909. The molecule has 0 spiro atoms. The summed E-state index contributed by atoms with van der Waals surface area (Å²) in [4.78, 5) is 0.709. The van der Waals surface area contributed by atoms with Crippen LogP contribution in [0.3, 0.4) is 0 Å². The highest BCUT2D eigenvalue weighted by molar-refractivity contribution is 9.10. The number of sulfonamides is 1. The summed E-state index contributed by atoms with van der Waals surface area (Å²) in [5, 5.41) is 17.3. The number of sulfone groups is 1. The van der Waals surface area contributed by atoms with E-state index in [0.717, 1.165) is 20.1 Å². The second-order valence-corrected chi connectivity index (χ2v) is 18.3. The number of anilines is 2. The Kier molecular flexibility index (Phi) is 19.8. The maximum atomic E-state index is 11.3. The predicted octanol–water partition coefficient (Wildman–Crippen LogP) is 4.60. The van der Waals surface area contributed by atoms with Gasteiger partial charge in [-0.2, -0.15) is 0 Å². The fourth-order valence-electron chi connectivity index (χ4n) is 3.66. The third-order valence-electron chi connectivity index (χ3n) is 6.20. The van der Waals surface area contributed by atoms with Crippen molar-refractivity contribution in [3.63, 3.8) is 0 Å². The van der Waals surface area contributed by atoms with Crippen LogP contribution in [0.5, 0.6) is 0 Å². The highest BCUT2D eigenvalue weighted by atomic mass is 79.9. The molecule has 0 saturated heterocycles. The van der Waals surface area contributed by atoms with Gasteiger partial charge in [-0.25, -0.2) is 30.0 Å². The molecule has 9 N–H and O–H groups in total. The SMILES string of the molecule is CN.CNS(=O)(=O)c1ccc(Br)cc1.CS(=O)(=O)c1ccc(-c2cccc(N)c2)cc1.Nc1cccc(B(O)O)c1.O=S(=O)(Cl)c1ccc(Br)cc1. The number of nitrogen functional groups attached to an aromatic ring is 2. The molecule has 52 heavy (non-hydrogen) atoms. The summed E-state index contributed by atoms with van der Waals surface area (Å²) >= 11 is 6.39. The normalized spacial score (nSPS) is 10.7. The summed E-state index contributed by atoms with van der Waals surface area (Å²) in [7, 11) is -3.46. The minimum atomic E-state index is -3.57. The largest absolute Gasteiger partial charge is 0.488 e. The van der Waals surface area contributed by atoms with Crippen LogP contribution in [0.25, 0.3) is 11.1 Å². The lowest BCUT2D eigenvalue weighted by atomic mass is 9.80. The van der Waals surface area contributed by atoms with Gasteiger partial charge in [-0.1, -0.05) is 68.3 Å². The zero-order valence-corrected chi connectivity index (χ0v) is 34.4. The average molecular weight is 921 g/mol. The van der Waals surface area contributed by atoms with Crippen LogP contribution in [0.4, 0.5) is 11.4 Å². The van der Waals surface area contributed by atoms with E-state index in [4.69, 9.17) is 32.2 Å². The fourth-order valence-corrected chi connectivity index (χ4v) is 6.32. The maximum Gasteiger partial charge on any atom is 0.488 e. The molecule has 0 unspecified atom stereocenters. The minimum Gasteiger partial charge on any atom is -0.423 e. The van der Waals surface area contributed by atoms with Crippen molar-refractivity contribution in [3.05, 3.63) is 130 Å². The van der Waals surface area contributed by atoms with Gasteiger partial charge in [-0.05, 0) is 116 Å². The molecule has 0 atom stereocenters. The third kappa shape index (κ3) is 17.0. The summed E-state index contributed by atoms with van der Waals surface area (Å²) in [5.74, 6) is 0. The van der Waals surface area contributed by atoms with Crippen LogP contribution >= 0.6 is 42.5 Å². The number of hydrogen-bond acceptors (Lipinski definition) is 11. The van der Waals surface area contributed by atoms with Crippen LogP contribution < -0.4 is 27.4 Å². The average Bonchev–Trinajstić information content (AvgIpc) is 3.10. The first-order valence-corrected chi connectivity index (χ1v) is 21.8. The molecule has 0 aliphatic heterocycles. The van der Waals surface area contributed by atoms with Crippen molar-refractivity contribution in [2.45, 2.75) is 14.7 Å². The lowest BCUT2D eigenvalue weighted by molar-refractivity contribution is 0.426. The molecule has 0 aromatic heterocycles. The molecule has 280 valence electrons. The third-order valence-corrected chi connectivity index (χ3v) is 11.2. The first-order chi connectivity index (χ1) is 24.2. The van der Waals surface area contributed by atoms with E-state index in [1.807, 2.05) is 24.3 Å². The molecular weight excluding hydrogens is 883 g/mol. The number of nitrogens with two attached hydrogens (primary N) is 3. The number of halogens is 3. The topological polar surface area (TPSA) is 233 Å². The molecule has 0 saturated carbocycles. The monoisotopic (exact) mass is 918 g/mol. The molecule has 5 aromatic rings. The van der Waals surface area contributed by atoms with Crippen molar-refractivity contribution >= 4 is 95.4 Å². The lowest BCUT2D eigenvalue weighted by Gasteiger charge is -2.04. The molecule has 0 amide bonds. The molecule has 12 nitrogen and oxygen atoms in total. The summed E-state index contributed by atoms with van der Waals surface area (Å²) in [6, 6.07) is 33.3. The summed E-state index contributed by atoms with van der Waals surface area (Å²) in [5.41, 5.74) is 19.1. The maximum absolute atomic E-state index is 11.3. The standard InChI is InChI=1S/C13H13NO2S.C7H8BrNO2S.C6H8BNO2.C6H4BrClO2S.CH5N/c1-17(15,16)13-7-5-10(6-8-13)11-3-2-4-12(14)9-11;1-9-12(10,11)7-4-2-6(8)3-5-7;8-6-3-1-2-5(4-6)7(9)10;7-5-1-3-6(4-2-5)11(8,9)10;1-2/h2-9H,14H2,1H3;2-5,9H,1H3;1-4,9-10H,8H2;1-4H;2H2,1H3. The number of hydrogen-bond donors (Lipinski definition) is 6. The molecule has 0 aliphatic carbocycles. The van der Waals surface area contributed by atoms with Gasteiger partial charge in [0.25, 0.3) is 9.05 Å². The molecule has 0 bridgehead atoms. The molecule has 19 heteroatoms. The van der Waals surface area contributed by atoms with Crippen molar-refractivity contribution in [3.8, 4) is 11.1 Å². The van der Waals surface area contributed by atoms with Gasteiger partial charge < -0.3 is 27.2 Å². The van der Waals surface area contributed by atoms with Crippen molar-refractivity contribution in [2.75, 3.05) is 31.8 Å². The smallest absolute Gasteiger partial charge is 0.423 e. The molecule has 0 heterocycles. The summed E-state index contributed by atoms with van der Waals surface area (Å²) in [6.45, 7) is 0. The van der Waals surface area contributed by atoms with Crippen molar-refractivity contribution in [1.82, 2.24) is 4.72 Å². The van der Waals surface area contributed by atoms with Gasteiger partial charge in [0.15, 0.2) is 9.84 Å². The first kappa shape index (κ1) is 46.7. The van der Waals surface area contributed by atoms with Gasteiger partial charge >= 0.3 is 7.12 Å². The van der Waals surface area contributed by atoms with Gasteiger partial charge in [0, 0.05) is 37.3 Å². The van der Waals surface area contributed by atoms with E-state index in [1.54, 1.807) is 66.7 Å². The molecule has 5 aromatic carbocycles. The second kappa shape index (κ2) is 22.0. The van der Waals surface area contributed by atoms with E-state index in [-0.39, 0.29) is 9.79 Å². The Morgan fingerprint density at radius 2 is 1.04 bits per heavy atom. The van der Waals surface area contributed by atoms with Crippen molar-refractivity contribution in [2.24, 2.45) is 5.73 Å². The van der Waals surface area contributed by atoms with E-state index in [2.05, 4.69) is 42.3 Å². The van der Waals surface area contributed by atoms with E-state index in [9.17, 15) is 25.3 Å². The van der Waals surface area contributed by atoms with Crippen LogP contribution in [-0.4, -0.2) is 62.8 Å². The van der Waals surface area contributed by atoms with Crippen LogP contribution in [0.1, 0.15) is 0 Å². The van der Waals surface area contributed by atoms with Crippen LogP contribution in [0, 0.1) is 0 Å². The second-order valence-electron chi connectivity index (χ2n) is 10.0. The molecule has 0 aliphatic rings. The van der Waals surface area contributed by atoms with E-state index >= 15 is 0 Å². The van der Waals surface area contributed by atoms with Gasteiger partial charge in [0.1, 0.15) is 0 Å².